The van der Waals surface area contributed by atoms with E-state index in [4.69, 9.17) is 9.47 Å². The minimum absolute atomic E-state index is 0.0931. The first-order valence-corrected chi connectivity index (χ1v) is 8.74. The molecule has 0 aliphatic carbocycles. The normalized spacial score (nSPS) is 13.7. The van der Waals surface area contributed by atoms with Crippen LogP contribution in [0.25, 0.3) is 0 Å². The molecule has 0 amide bonds. The average Bonchev–Trinajstić information content (AvgIpc) is 2.43. The van der Waals surface area contributed by atoms with E-state index in [0.29, 0.717) is 0 Å². The molecule has 1 unspecified atom stereocenters. The molecule has 0 N–H and O–H groups in total. The molecule has 0 fully saturated rings. The topological polar surface area (TPSA) is 52.6 Å². The maximum absolute atomic E-state index is 12.0. The smallest absolute Gasteiger partial charge is 0.306 e. The highest BCUT2D eigenvalue weighted by atomic mass is 16.6. The van der Waals surface area contributed by atoms with E-state index >= 15 is 0 Å². The Balaban J connectivity index is 4.32. The lowest BCUT2D eigenvalue weighted by Crippen LogP contribution is -2.32. The predicted molar refractivity (Wildman–Crippen MR) is 88.6 cm³/mol. The third kappa shape index (κ3) is 10.6. The first-order chi connectivity index (χ1) is 10.3. The summed E-state index contributed by atoms with van der Waals surface area (Å²) in [5, 5.41) is 0. The summed E-state index contributed by atoms with van der Waals surface area (Å²) in [7, 11) is 0. The Kier molecular flexibility index (Phi) is 10.9. The first kappa shape index (κ1) is 20.9. The van der Waals surface area contributed by atoms with Crippen LogP contribution in [-0.4, -0.2) is 23.6 Å². The Morgan fingerprint density at radius 3 is 2.00 bits per heavy atom. The van der Waals surface area contributed by atoms with Crippen molar-refractivity contribution in [3.8, 4) is 0 Å². The van der Waals surface area contributed by atoms with E-state index in [2.05, 4.69) is 13.8 Å². The van der Waals surface area contributed by atoms with E-state index in [0.717, 1.165) is 44.9 Å². The molecule has 0 radical (unpaired) electrons. The lowest BCUT2D eigenvalue weighted by Gasteiger charge is -2.30. The molecule has 0 rings (SSSR count). The maximum atomic E-state index is 12.0. The van der Waals surface area contributed by atoms with Gasteiger partial charge in [0.15, 0.2) is 0 Å². The molecular weight excluding hydrogens is 280 g/mol. The van der Waals surface area contributed by atoms with Crippen molar-refractivity contribution in [2.45, 2.75) is 104 Å². The summed E-state index contributed by atoms with van der Waals surface area (Å²) in [6.07, 6.45) is 7.33. The van der Waals surface area contributed by atoms with E-state index in [-0.39, 0.29) is 30.9 Å². The molecule has 0 bridgehead atoms. The highest BCUT2D eigenvalue weighted by Crippen LogP contribution is 2.26. The van der Waals surface area contributed by atoms with Gasteiger partial charge in [0.05, 0.1) is 18.9 Å². The number of ether oxygens (including phenoxy) is 2. The fourth-order valence-electron chi connectivity index (χ4n) is 2.38. The van der Waals surface area contributed by atoms with Gasteiger partial charge in [-0.05, 0) is 46.5 Å². The van der Waals surface area contributed by atoms with E-state index < -0.39 is 5.60 Å². The van der Waals surface area contributed by atoms with Gasteiger partial charge in [0.1, 0.15) is 5.60 Å². The monoisotopic (exact) mass is 314 g/mol. The molecule has 1 atom stereocenters. The Bertz CT molecular complexity index is 325. The molecule has 0 saturated heterocycles. The second-order valence-electron chi connectivity index (χ2n) is 6.52. The first-order valence-electron chi connectivity index (χ1n) is 8.74. The van der Waals surface area contributed by atoms with Gasteiger partial charge in [-0.1, -0.05) is 33.1 Å². The quantitative estimate of drug-likeness (QED) is 0.384. The second-order valence-corrected chi connectivity index (χ2v) is 6.52. The molecule has 0 spiro atoms. The van der Waals surface area contributed by atoms with Gasteiger partial charge in [0.25, 0.3) is 0 Å². The van der Waals surface area contributed by atoms with Crippen molar-refractivity contribution in [3.63, 3.8) is 0 Å². The molecule has 0 heterocycles. The zero-order valence-corrected chi connectivity index (χ0v) is 15.1. The molecule has 4 heteroatoms. The number of hydrogen-bond donors (Lipinski definition) is 0. The number of hydrogen-bond acceptors (Lipinski definition) is 4. The van der Waals surface area contributed by atoms with Gasteiger partial charge in [-0.15, -0.1) is 0 Å². The summed E-state index contributed by atoms with van der Waals surface area (Å²) in [6, 6.07) is 0. The molecule has 0 aromatic heterocycles. The minimum atomic E-state index is -0.399. The predicted octanol–water partition coefficient (Wildman–Crippen LogP) is 4.79. The van der Waals surface area contributed by atoms with Crippen LogP contribution in [0.2, 0.25) is 0 Å². The van der Waals surface area contributed by atoms with Gasteiger partial charge in [-0.3, -0.25) is 9.59 Å². The van der Waals surface area contributed by atoms with Gasteiger partial charge >= 0.3 is 11.9 Å². The highest BCUT2D eigenvalue weighted by Gasteiger charge is 2.27. The van der Waals surface area contributed by atoms with Crippen molar-refractivity contribution in [3.05, 3.63) is 0 Å². The summed E-state index contributed by atoms with van der Waals surface area (Å²) in [6.45, 7) is 9.91. The lowest BCUT2D eigenvalue weighted by atomic mass is 9.92. The molecule has 0 aliphatic rings. The largest absolute Gasteiger partial charge is 0.463 e. The van der Waals surface area contributed by atoms with Gasteiger partial charge in [0, 0.05) is 0 Å². The molecule has 0 aromatic rings. The zero-order chi connectivity index (χ0) is 17.0. The van der Waals surface area contributed by atoms with Gasteiger partial charge in [-0.25, -0.2) is 0 Å². The SMILES string of the molecule is CCCCCC(C)(CCCC)OC(=O)CCC(=O)OC(C)C. The van der Waals surface area contributed by atoms with Gasteiger partial charge in [-0.2, -0.15) is 0 Å². The Morgan fingerprint density at radius 2 is 1.45 bits per heavy atom. The van der Waals surface area contributed by atoms with Crippen molar-refractivity contribution < 1.29 is 19.1 Å². The van der Waals surface area contributed by atoms with Crippen molar-refractivity contribution in [2.24, 2.45) is 0 Å². The summed E-state index contributed by atoms with van der Waals surface area (Å²) in [5.41, 5.74) is -0.399. The van der Waals surface area contributed by atoms with Crippen LogP contribution < -0.4 is 0 Å². The fraction of sp³-hybridized carbons (Fsp3) is 0.889. The van der Waals surface area contributed by atoms with Crippen molar-refractivity contribution in [1.29, 1.82) is 0 Å². The third-order valence-corrected chi connectivity index (χ3v) is 3.63. The van der Waals surface area contributed by atoms with Crippen molar-refractivity contribution >= 4 is 11.9 Å². The van der Waals surface area contributed by atoms with E-state index in [1.807, 2.05) is 6.92 Å². The summed E-state index contributed by atoms with van der Waals surface area (Å²) in [5.74, 6) is -0.635. The summed E-state index contributed by atoms with van der Waals surface area (Å²) >= 11 is 0. The number of unbranched alkanes of at least 4 members (excludes halogenated alkanes) is 3. The zero-order valence-electron chi connectivity index (χ0n) is 15.1. The van der Waals surface area contributed by atoms with Crippen LogP contribution in [0, 0.1) is 0 Å². The number of rotatable bonds is 12. The molecule has 0 aliphatic heterocycles. The number of carbonyl (C=O) groups excluding carboxylic acids is 2. The van der Waals surface area contributed by atoms with Crippen LogP contribution in [-0.2, 0) is 19.1 Å². The number of esters is 2. The van der Waals surface area contributed by atoms with E-state index in [1.54, 1.807) is 13.8 Å². The van der Waals surface area contributed by atoms with Crippen molar-refractivity contribution in [2.75, 3.05) is 0 Å². The van der Waals surface area contributed by atoms with Gasteiger partial charge < -0.3 is 9.47 Å². The fourth-order valence-corrected chi connectivity index (χ4v) is 2.38. The van der Waals surface area contributed by atoms with Crippen LogP contribution >= 0.6 is 0 Å². The second kappa shape index (κ2) is 11.5. The van der Waals surface area contributed by atoms with Crippen LogP contribution in [0.1, 0.15) is 92.4 Å². The molecular formula is C18H34O4. The maximum Gasteiger partial charge on any atom is 0.306 e. The minimum Gasteiger partial charge on any atom is -0.463 e. The van der Waals surface area contributed by atoms with Crippen LogP contribution in [0.3, 0.4) is 0 Å². The van der Waals surface area contributed by atoms with Crippen LogP contribution in [0.15, 0.2) is 0 Å². The Morgan fingerprint density at radius 1 is 0.909 bits per heavy atom. The molecule has 22 heavy (non-hydrogen) atoms. The highest BCUT2D eigenvalue weighted by molar-refractivity contribution is 5.77. The summed E-state index contributed by atoms with van der Waals surface area (Å²) < 4.78 is 10.7. The molecule has 0 aromatic carbocycles. The van der Waals surface area contributed by atoms with E-state index in [1.165, 1.54) is 0 Å². The Labute approximate surface area is 135 Å². The number of carbonyl (C=O) groups is 2. The molecule has 0 saturated carbocycles. The lowest BCUT2D eigenvalue weighted by molar-refractivity contribution is -0.163. The van der Waals surface area contributed by atoms with E-state index in [9.17, 15) is 9.59 Å². The molecule has 4 nitrogen and oxygen atoms in total. The van der Waals surface area contributed by atoms with Crippen LogP contribution in [0.4, 0.5) is 0 Å². The molecule has 130 valence electrons. The summed E-state index contributed by atoms with van der Waals surface area (Å²) in [4.78, 5) is 23.5. The van der Waals surface area contributed by atoms with Crippen LogP contribution in [0.5, 0.6) is 0 Å². The third-order valence-electron chi connectivity index (χ3n) is 3.63. The van der Waals surface area contributed by atoms with Crippen molar-refractivity contribution in [1.82, 2.24) is 0 Å². The Hall–Kier alpha value is -1.06. The van der Waals surface area contributed by atoms with Gasteiger partial charge in [0.2, 0.25) is 0 Å². The standard InChI is InChI=1S/C18H34O4/c1-6-8-10-14-18(5,13-9-7-2)22-17(20)12-11-16(19)21-15(3)4/h15H,6-14H2,1-5H3. The average molecular weight is 314 g/mol.